The smallest absolute Gasteiger partial charge is 0.306 e. The number of carbonyl (C=O) groups excluding carboxylic acids is 1. The minimum atomic E-state index is -0.765. The first-order valence-electron chi connectivity index (χ1n) is 7.12. The molecule has 2 saturated carbocycles. The van der Waals surface area contributed by atoms with Crippen molar-refractivity contribution in [3.63, 3.8) is 0 Å². The van der Waals surface area contributed by atoms with Gasteiger partial charge in [0.25, 0.3) is 0 Å². The van der Waals surface area contributed by atoms with Gasteiger partial charge < -0.3 is 15.3 Å². The van der Waals surface area contributed by atoms with Crippen LogP contribution < -0.4 is 5.32 Å². The Hall–Kier alpha value is -1.10. The van der Waals surface area contributed by atoms with E-state index in [9.17, 15) is 9.59 Å². The summed E-state index contributed by atoms with van der Waals surface area (Å²) in [6.07, 6.45) is 5.31. The highest BCUT2D eigenvalue weighted by molar-refractivity contribution is 5.80. The first-order chi connectivity index (χ1) is 8.94. The van der Waals surface area contributed by atoms with Gasteiger partial charge in [-0.25, -0.2) is 0 Å². The molecule has 5 heteroatoms. The van der Waals surface area contributed by atoms with E-state index in [1.54, 1.807) is 0 Å². The van der Waals surface area contributed by atoms with Crippen LogP contribution in [0, 0.1) is 11.8 Å². The molecule has 0 heterocycles. The molecule has 2 N–H and O–H groups in total. The van der Waals surface area contributed by atoms with Crippen molar-refractivity contribution in [2.75, 3.05) is 20.6 Å². The van der Waals surface area contributed by atoms with Crippen LogP contribution in [0.5, 0.6) is 0 Å². The number of nitrogens with zero attached hydrogens (tertiary/aromatic N) is 1. The predicted molar refractivity (Wildman–Crippen MR) is 71.7 cm³/mol. The molecular weight excluding hydrogens is 244 g/mol. The minimum Gasteiger partial charge on any atom is -0.481 e. The lowest BCUT2D eigenvalue weighted by molar-refractivity contribution is -0.141. The fraction of sp³-hybridized carbons (Fsp3) is 0.857. The van der Waals surface area contributed by atoms with Gasteiger partial charge >= 0.3 is 5.97 Å². The lowest BCUT2D eigenvalue weighted by atomic mass is 9.75. The van der Waals surface area contributed by atoms with Crippen molar-refractivity contribution in [3.8, 4) is 0 Å². The molecule has 0 saturated heterocycles. The highest BCUT2D eigenvalue weighted by atomic mass is 16.4. The zero-order valence-electron chi connectivity index (χ0n) is 11.8. The van der Waals surface area contributed by atoms with Gasteiger partial charge in [-0.1, -0.05) is 0 Å². The number of hydrogen-bond acceptors (Lipinski definition) is 3. The van der Waals surface area contributed by atoms with Gasteiger partial charge in [0.15, 0.2) is 0 Å². The highest BCUT2D eigenvalue weighted by Gasteiger charge is 2.40. The number of aliphatic carboxylic acids is 1. The van der Waals surface area contributed by atoms with E-state index in [-0.39, 0.29) is 23.3 Å². The molecule has 0 bridgehead atoms. The zero-order valence-corrected chi connectivity index (χ0v) is 11.8. The van der Waals surface area contributed by atoms with E-state index in [0.29, 0.717) is 25.8 Å². The van der Waals surface area contributed by atoms with E-state index in [4.69, 9.17) is 5.11 Å². The number of hydrogen-bond donors (Lipinski definition) is 2. The molecule has 2 rings (SSSR count). The van der Waals surface area contributed by atoms with Gasteiger partial charge in [0.2, 0.25) is 5.91 Å². The Kier molecular flexibility index (Phi) is 4.13. The van der Waals surface area contributed by atoms with Gasteiger partial charge in [0, 0.05) is 18.0 Å². The number of likely N-dealkylation sites (N-methyl/N-ethyl adjacent to an activating group) is 1. The van der Waals surface area contributed by atoms with Crippen LogP contribution in [0.3, 0.4) is 0 Å². The van der Waals surface area contributed by atoms with Gasteiger partial charge in [-0.05, 0) is 52.6 Å². The number of carboxylic acid groups (broad SMARTS) is 1. The third-order valence-electron chi connectivity index (χ3n) is 4.98. The summed E-state index contributed by atoms with van der Waals surface area (Å²) in [4.78, 5) is 25.2. The summed E-state index contributed by atoms with van der Waals surface area (Å²) in [6.45, 7) is 0.688. The van der Waals surface area contributed by atoms with Gasteiger partial charge in [-0.2, -0.15) is 0 Å². The first kappa shape index (κ1) is 14.3. The third kappa shape index (κ3) is 2.91. The van der Waals surface area contributed by atoms with Crippen LogP contribution in [-0.4, -0.2) is 48.1 Å². The maximum Gasteiger partial charge on any atom is 0.306 e. The predicted octanol–water partition coefficient (Wildman–Crippen LogP) is 1.09. The molecule has 0 radical (unpaired) electrons. The van der Waals surface area contributed by atoms with Crippen molar-refractivity contribution in [2.45, 2.75) is 44.1 Å². The van der Waals surface area contributed by atoms with E-state index < -0.39 is 5.97 Å². The fourth-order valence-corrected chi connectivity index (χ4v) is 3.21. The third-order valence-corrected chi connectivity index (χ3v) is 4.98. The summed E-state index contributed by atoms with van der Waals surface area (Å²) < 4.78 is 0. The lowest BCUT2D eigenvalue weighted by Gasteiger charge is -2.47. The molecule has 2 aliphatic rings. The number of rotatable bonds is 5. The van der Waals surface area contributed by atoms with E-state index in [0.717, 1.165) is 12.8 Å². The summed E-state index contributed by atoms with van der Waals surface area (Å²) in [5, 5.41) is 12.0. The number of carbonyl (C=O) groups is 2. The Morgan fingerprint density at radius 3 is 2.32 bits per heavy atom. The second-order valence-corrected chi connectivity index (χ2v) is 6.24. The molecule has 2 atom stereocenters. The molecule has 0 aromatic heterocycles. The van der Waals surface area contributed by atoms with Gasteiger partial charge in [0.05, 0.1) is 5.92 Å². The minimum absolute atomic E-state index is 0.0388. The van der Waals surface area contributed by atoms with E-state index in [2.05, 4.69) is 24.3 Å². The topological polar surface area (TPSA) is 69.6 Å². The molecule has 5 nitrogen and oxygen atoms in total. The van der Waals surface area contributed by atoms with Crippen LogP contribution in [0.4, 0.5) is 0 Å². The van der Waals surface area contributed by atoms with Crippen molar-refractivity contribution in [1.82, 2.24) is 10.2 Å². The largest absolute Gasteiger partial charge is 0.481 e. The highest BCUT2D eigenvalue weighted by Crippen LogP contribution is 2.36. The van der Waals surface area contributed by atoms with Crippen LogP contribution in [0.15, 0.2) is 0 Å². The standard InChI is InChI=1S/C14H24N2O3/c1-16(2)14(6-3-7-14)9-15-12(17)10-4-5-11(8-10)13(18)19/h10-11H,3-9H2,1-2H3,(H,15,17)(H,18,19). The molecular formula is C14H24N2O3. The molecule has 2 fully saturated rings. The second-order valence-electron chi connectivity index (χ2n) is 6.24. The molecule has 2 aliphatic carbocycles. The fourth-order valence-electron chi connectivity index (χ4n) is 3.21. The maximum absolute atomic E-state index is 12.1. The Bertz CT molecular complexity index is 364. The molecule has 19 heavy (non-hydrogen) atoms. The van der Waals surface area contributed by atoms with Crippen molar-refractivity contribution < 1.29 is 14.7 Å². The molecule has 0 aromatic rings. The van der Waals surface area contributed by atoms with E-state index in [1.807, 2.05) is 0 Å². The monoisotopic (exact) mass is 268 g/mol. The van der Waals surface area contributed by atoms with E-state index >= 15 is 0 Å². The van der Waals surface area contributed by atoms with Crippen LogP contribution in [-0.2, 0) is 9.59 Å². The average molecular weight is 268 g/mol. The van der Waals surface area contributed by atoms with Gasteiger partial charge in [-0.3, -0.25) is 9.59 Å². The SMILES string of the molecule is CN(C)C1(CNC(=O)C2CCC(C(=O)O)C2)CCC1. The quantitative estimate of drug-likeness (QED) is 0.783. The van der Waals surface area contributed by atoms with Gasteiger partial charge in [0.1, 0.15) is 0 Å². The zero-order chi connectivity index (χ0) is 14.0. The molecule has 2 unspecified atom stereocenters. The molecule has 0 aliphatic heterocycles. The van der Waals surface area contributed by atoms with Crippen LogP contribution >= 0.6 is 0 Å². The molecule has 1 amide bonds. The Labute approximate surface area is 114 Å². The van der Waals surface area contributed by atoms with Crippen molar-refractivity contribution in [1.29, 1.82) is 0 Å². The van der Waals surface area contributed by atoms with Crippen LogP contribution in [0.2, 0.25) is 0 Å². The number of nitrogens with one attached hydrogen (secondary N) is 1. The van der Waals surface area contributed by atoms with Crippen molar-refractivity contribution in [3.05, 3.63) is 0 Å². The van der Waals surface area contributed by atoms with E-state index in [1.165, 1.54) is 6.42 Å². The van der Waals surface area contributed by atoms with Crippen LogP contribution in [0.25, 0.3) is 0 Å². The Morgan fingerprint density at radius 1 is 1.26 bits per heavy atom. The Morgan fingerprint density at radius 2 is 1.89 bits per heavy atom. The number of carboxylic acids is 1. The lowest BCUT2D eigenvalue weighted by Crippen LogP contribution is -2.57. The second kappa shape index (κ2) is 5.49. The normalized spacial score (nSPS) is 29.0. The number of amides is 1. The van der Waals surface area contributed by atoms with Crippen molar-refractivity contribution >= 4 is 11.9 Å². The summed E-state index contributed by atoms with van der Waals surface area (Å²) in [7, 11) is 4.11. The Balaban J connectivity index is 1.81. The van der Waals surface area contributed by atoms with Crippen molar-refractivity contribution in [2.24, 2.45) is 11.8 Å². The molecule has 0 aromatic carbocycles. The molecule has 0 spiro atoms. The van der Waals surface area contributed by atoms with Crippen LogP contribution in [0.1, 0.15) is 38.5 Å². The summed E-state index contributed by atoms with van der Waals surface area (Å²) in [5.74, 6) is -1.17. The maximum atomic E-state index is 12.1. The van der Waals surface area contributed by atoms with Gasteiger partial charge in [-0.15, -0.1) is 0 Å². The summed E-state index contributed by atoms with van der Waals surface area (Å²) in [5.41, 5.74) is 0.125. The average Bonchev–Trinajstić information content (AvgIpc) is 2.75. The molecule has 108 valence electrons. The summed E-state index contributed by atoms with van der Waals surface area (Å²) >= 11 is 0. The first-order valence-corrected chi connectivity index (χ1v) is 7.12. The summed E-state index contributed by atoms with van der Waals surface area (Å²) in [6, 6.07) is 0.